The molecule has 0 rings (SSSR count). The van der Waals surface area contributed by atoms with Crippen molar-refractivity contribution in [2.45, 2.75) is 0 Å². The predicted octanol–water partition coefficient (Wildman–Crippen LogP) is 3.56. The van der Waals surface area contributed by atoms with Gasteiger partial charge >= 0.3 is 34.5 Å². The molecule has 0 bridgehead atoms. The SMILES string of the molecule is [Cl][Ru][Cl].[NH-]CC[NH-].[NH-]CC[NH-]. The van der Waals surface area contributed by atoms with Crippen LogP contribution in [0.5, 0.6) is 0 Å². The van der Waals surface area contributed by atoms with Crippen LogP contribution >= 0.6 is 19.4 Å². The second-order valence-electron chi connectivity index (χ2n) is 1.05. The zero-order chi connectivity index (χ0) is 9.54. The zero-order valence-corrected chi connectivity index (χ0v) is 9.19. The molecule has 0 saturated carbocycles. The Bertz CT molecular complexity index is 35.3. The molecule has 0 aliphatic heterocycles. The fraction of sp³-hybridized carbons (Fsp3) is 1.00. The quantitative estimate of drug-likeness (QED) is 0.694. The first-order chi connectivity index (χ1) is 5.24. The molecule has 0 heterocycles. The Labute approximate surface area is 83.6 Å². The first kappa shape index (κ1) is 18.0. The van der Waals surface area contributed by atoms with Crippen LogP contribution < -0.4 is 0 Å². The average Bonchev–Trinajstić information content (AvgIpc) is 2.06. The molecule has 0 amide bonds. The molecular weight excluding hydrogens is 276 g/mol. The third kappa shape index (κ3) is 97.5. The van der Waals surface area contributed by atoms with E-state index < -0.39 is 0 Å². The second kappa shape index (κ2) is 30.5. The van der Waals surface area contributed by atoms with Crippen LogP contribution in [0, 0.1) is 0 Å². The van der Waals surface area contributed by atoms with Crippen LogP contribution in [0.2, 0.25) is 0 Å². The molecule has 74 valence electrons. The summed E-state index contributed by atoms with van der Waals surface area (Å²) in [6.45, 7) is 0.944. The van der Waals surface area contributed by atoms with Crippen LogP contribution in [-0.4, -0.2) is 26.2 Å². The van der Waals surface area contributed by atoms with E-state index in [1.165, 1.54) is 0 Å². The van der Waals surface area contributed by atoms with Crippen molar-refractivity contribution in [1.82, 2.24) is 0 Å². The molecule has 0 aliphatic carbocycles. The topological polar surface area (TPSA) is 95.2 Å². The van der Waals surface area contributed by atoms with Crippen molar-refractivity contribution in [2.24, 2.45) is 0 Å². The van der Waals surface area contributed by atoms with Crippen LogP contribution in [0.3, 0.4) is 0 Å². The van der Waals surface area contributed by atoms with Crippen molar-refractivity contribution >= 4 is 19.4 Å². The van der Waals surface area contributed by atoms with Crippen molar-refractivity contribution in [3.05, 3.63) is 22.9 Å². The monoisotopic (exact) mass is 288 g/mol. The van der Waals surface area contributed by atoms with E-state index >= 15 is 0 Å². The Kier molecular flexibility index (Phi) is 49.8. The largest absolute Gasteiger partial charge is 0.679 e. The summed E-state index contributed by atoms with van der Waals surface area (Å²) in [6.07, 6.45) is 0. The summed E-state index contributed by atoms with van der Waals surface area (Å²) < 4.78 is 0. The standard InChI is InChI=1S/2C2H6N2.2ClH.Ru/c2*3-1-2-4;;;/h2*3-4H,1-2H2;2*1H;/q2*-2;;;+2/p-2. The summed E-state index contributed by atoms with van der Waals surface area (Å²) in [7, 11) is 9.71. The van der Waals surface area contributed by atoms with Gasteiger partial charge in [-0.05, 0) is 0 Å². The molecule has 0 aromatic rings. The fourth-order valence-corrected chi connectivity index (χ4v) is 0. The van der Waals surface area contributed by atoms with Gasteiger partial charge in [0.15, 0.2) is 0 Å². The van der Waals surface area contributed by atoms with Crippen LogP contribution in [0.25, 0.3) is 22.9 Å². The fourth-order valence-electron chi connectivity index (χ4n) is 0. The summed E-state index contributed by atoms with van der Waals surface area (Å²) in [5, 5.41) is 0. The maximum absolute atomic E-state index is 6.26. The third-order valence-corrected chi connectivity index (χ3v) is 0.250. The Balaban J connectivity index is -0.0000000886. The maximum Gasteiger partial charge on any atom is -0.171 e. The van der Waals surface area contributed by atoms with E-state index in [0.29, 0.717) is 0 Å². The molecular formula is C4H12Cl2N4Ru-4. The van der Waals surface area contributed by atoms with Gasteiger partial charge in [0.2, 0.25) is 0 Å². The Morgan fingerprint density at radius 3 is 0.818 bits per heavy atom. The van der Waals surface area contributed by atoms with Crippen molar-refractivity contribution in [3.8, 4) is 0 Å². The Morgan fingerprint density at radius 1 is 0.727 bits per heavy atom. The van der Waals surface area contributed by atoms with Gasteiger partial charge in [-0.3, -0.25) is 0 Å². The van der Waals surface area contributed by atoms with Crippen molar-refractivity contribution < 1.29 is 15.1 Å². The minimum absolute atomic E-state index is 0.236. The normalized spacial score (nSPS) is 7.45. The molecule has 7 heteroatoms. The molecule has 0 atom stereocenters. The van der Waals surface area contributed by atoms with Gasteiger partial charge < -0.3 is 22.9 Å². The van der Waals surface area contributed by atoms with Gasteiger partial charge in [0.1, 0.15) is 0 Å². The van der Waals surface area contributed by atoms with Gasteiger partial charge in [-0.25, -0.2) is 0 Å². The van der Waals surface area contributed by atoms with E-state index in [1.807, 2.05) is 0 Å². The molecule has 0 saturated heterocycles. The zero-order valence-electron chi connectivity index (χ0n) is 5.94. The second-order valence-corrected chi connectivity index (χ2v) is 3.69. The minimum Gasteiger partial charge on any atom is -0.679 e. The van der Waals surface area contributed by atoms with Gasteiger partial charge in [0.25, 0.3) is 0 Å². The average molecular weight is 288 g/mol. The molecule has 4 nitrogen and oxygen atoms in total. The van der Waals surface area contributed by atoms with Gasteiger partial charge in [-0.1, -0.05) is 0 Å². The van der Waals surface area contributed by atoms with E-state index in [0.717, 1.165) is 0 Å². The van der Waals surface area contributed by atoms with E-state index in [2.05, 4.69) is 0 Å². The van der Waals surface area contributed by atoms with Gasteiger partial charge in [-0.15, -0.1) is 0 Å². The van der Waals surface area contributed by atoms with Crippen LogP contribution in [0.4, 0.5) is 0 Å². The summed E-state index contributed by atoms with van der Waals surface area (Å²) in [6, 6.07) is 0. The molecule has 11 heavy (non-hydrogen) atoms. The molecule has 0 aromatic heterocycles. The smallest absolute Gasteiger partial charge is 0.171 e. The molecule has 4 N–H and O–H groups in total. The van der Waals surface area contributed by atoms with E-state index in [-0.39, 0.29) is 41.3 Å². The molecule has 0 unspecified atom stereocenters. The first-order valence-electron chi connectivity index (χ1n) is 2.68. The van der Waals surface area contributed by atoms with Crippen LogP contribution in [-0.2, 0) is 15.1 Å². The van der Waals surface area contributed by atoms with Crippen LogP contribution in [0.15, 0.2) is 0 Å². The Hall–Kier alpha value is 1.04. The maximum atomic E-state index is 6.26. The first-order valence-corrected chi connectivity index (χ1v) is 7.16. The van der Waals surface area contributed by atoms with Gasteiger partial charge in [0.05, 0.1) is 0 Å². The van der Waals surface area contributed by atoms with Crippen molar-refractivity contribution in [3.63, 3.8) is 0 Å². The summed E-state index contributed by atoms with van der Waals surface area (Å²) in [5.74, 6) is 0. The number of nitrogens with one attached hydrogen (secondary N) is 4. The van der Waals surface area contributed by atoms with Crippen molar-refractivity contribution in [1.29, 1.82) is 0 Å². The molecule has 0 aromatic carbocycles. The van der Waals surface area contributed by atoms with Crippen molar-refractivity contribution in [2.75, 3.05) is 26.2 Å². The van der Waals surface area contributed by atoms with Crippen LogP contribution in [0.1, 0.15) is 0 Å². The summed E-state index contributed by atoms with van der Waals surface area (Å²) in [5.41, 5.74) is 25.1. The number of hydrogen-bond acceptors (Lipinski definition) is 0. The minimum atomic E-state index is -0.346. The Morgan fingerprint density at radius 2 is 0.818 bits per heavy atom. The summed E-state index contributed by atoms with van der Waals surface area (Å²) >= 11 is -0.346. The van der Waals surface area contributed by atoms with E-state index in [9.17, 15) is 0 Å². The number of halogens is 2. The van der Waals surface area contributed by atoms with E-state index in [4.69, 9.17) is 42.3 Å². The predicted molar refractivity (Wildman–Crippen MR) is 48.5 cm³/mol. The molecule has 0 aliphatic rings. The third-order valence-electron chi connectivity index (χ3n) is 0.250. The molecule has 0 fully saturated rings. The summed E-state index contributed by atoms with van der Waals surface area (Å²) in [4.78, 5) is 0. The van der Waals surface area contributed by atoms with Gasteiger partial charge in [0, 0.05) is 0 Å². The molecule has 0 radical (unpaired) electrons. The number of hydrogen-bond donors (Lipinski definition) is 0. The number of rotatable bonds is 2. The van der Waals surface area contributed by atoms with E-state index in [1.54, 1.807) is 0 Å². The van der Waals surface area contributed by atoms with Gasteiger partial charge in [-0.2, -0.15) is 26.2 Å². The molecule has 0 spiro atoms.